The van der Waals surface area contributed by atoms with Crippen LogP contribution in [0.15, 0.2) is 0 Å². The Morgan fingerprint density at radius 2 is 2.19 bits per heavy atom. The molecule has 0 saturated carbocycles. The van der Waals surface area contributed by atoms with Crippen LogP contribution in [0.3, 0.4) is 0 Å². The van der Waals surface area contributed by atoms with E-state index in [0.717, 1.165) is 0 Å². The van der Waals surface area contributed by atoms with Gasteiger partial charge < -0.3 is 20.5 Å². The summed E-state index contributed by atoms with van der Waals surface area (Å²) >= 11 is 0. The molecule has 1 heterocycles. The summed E-state index contributed by atoms with van der Waals surface area (Å²) in [7, 11) is 0. The Hall–Kier alpha value is -0.650. The molecule has 1 aliphatic heterocycles. The minimum Gasteiger partial charge on any atom is -0.389 e. The summed E-state index contributed by atoms with van der Waals surface area (Å²) < 4.78 is 5.18. The molecule has 2 unspecified atom stereocenters. The first-order valence-corrected chi connectivity index (χ1v) is 5.69. The van der Waals surface area contributed by atoms with Crippen LogP contribution in [0.1, 0.15) is 20.8 Å². The average molecular weight is 230 g/mol. The van der Waals surface area contributed by atoms with Gasteiger partial charge in [0.25, 0.3) is 0 Å². The molecule has 2 atom stereocenters. The average Bonchev–Trinajstić information content (AvgIpc) is 2.58. The third kappa shape index (κ3) is 3.43. The fraction of sp³-hybridized carbons (Fsp3) is 0.909. The fourth-order valence-electron chi connectivity index (χ4n) is 1.87. The van der Waals surface area contributed by atoms with Gasteiger partial charge in [0.05, 0.1) is 24.7 Å². The molecule has 1 fully saturated rings. The molecule has 0 aromatic rings. The summed E-state index contributed by atoms with van der Waals surface area (Å²) in [4.78, 5) is 13.8. The number of hydrogen-bond donors (Lipinski definition) is 2. The maximum Gasteiger partial charge on any atom is 0.229 e. The van der Waals surface area contributed by atoms with E-state index >= 15 is 0 Å². The molecule has 1 amide bonds. The zero-order chi connectivity index (χ0) is 12.3. The first-order valence-electron chi connectivity index (χ1n) is 5.69. The lowest BCUT2D eigenvalue weighted by Crippen LogP contribution is -2.48. The van der Waals surface area contributed by atoms with Crippen LogP contribution < -0.4 is 5.73 Å². The largest absolute Gasteiger partial charge is 0.389 e. The van der Waals surface area contributed by atoms with E-state index in [2.05, 4.69) is 0 Å². The molecular formula is C11H22N2O3. The van der Waals surface area contributed by atoms with Crippen LogP contribution in [0, 0.1) is 5.92 Å². The van der Waals surface area contributed by atoms with Crippen molar-refractivity contribution in [2.75, 3.05) is 26.3 Å². The highest BCUT2D eigenvalue weighted by Gasteiger charge is 2.35. The number of carbonyl (C=O) groups is 1. The lowest BCUT2D eigenvalue weighted by Gasteiger charge is -2.30. The minimum absolute atomic E-state index is 0.0189. The van der Waals surface area contributed by atoms with Crippen LogP contribution in [0.25, 0.3) is 0 Å². The molecule has 1 rings (SSSR count). The maximum atomic E-state index is 12.1. The normalized spacial score (nSPS) is 25.8. The van der Waals surface area contributed by atoms with Crippen LogP contribution in [-0.4, -0.2) is 53.9 Å². The zero-order valence-corrected chi connectivity index (χ0v) is 10.3. The highest BCUT2D eigenvalue weighted by molar-refractivity contribution is 5.80. The SMILES string of the molecule is CCN(CC(C)(C)O)C(=O)C1COCC1N. The van der Waals surface area contributed by atoms with Gasteiger partial charge in [-0.3, -0.25) is 4.79 Å². The third-order valence-electron chi connectivity index (χ3n) is 2.71. The monoisotopic (exact) mass is 230 g/mol. The van der Waals surface area contributed by atoms with E-state index in [1.54, 1.807) is 18.7 Å². The molecule has 0 aromatic carbocycles. The van der Waals surface area contributed by atoms with E-state index in [1.165, 1.54) is 0 Å². The van der Waals surface area contributed by atoms with Gasteiger partial charge in [-0.2, -0.15) is 0 Å². The lowest BCUT2D eigenvalue weighted by atomic mass is 10.0. The fourth-order valence-corrected chi connectivity index (χ4v) is 1.87. The standard InChI is InChI=1S/C11H22N2O3/c1-4-13(7-11(2,3)15)10(14)8-5-16-6-9(8)12/h8-9,15H,4-7,12H2,1-3H3. The third-order valence-corrected chi connectivity index (χ3v) is 2.71. The minimum atomic E-state index is -0.880. The molecule has 0 radical (unpaired) electrons. The topological polar surface area (TPSA) is 75.8 Å². The van der Waals surface area contributed by atoms with Crippen LogP contribution in [0.5, 0.6) is 0 Å². The van der Waals surface area contributed by atoms with Crippen LogP contribution in [-0.2, 0) is 9.53 Å². The van der Waals surface area contributed by atoms with E-state index in [4.69, 9.17) is 10.5 Å². The van der Waals surface area contributed by atoms with Gasteiger partial charge in [0.1, 0.15) is 0 Å². The van der Waals surface area contributed by atoms with Crippen molar-refractivity contribution >= 4 is 5.91 Å². The Balaban J connectivity index is 2.62. The summed E-state index contributed by atoms with van der Waals surface area (Å²) in [6.45, 7) is 7.00. The molecule has 94 valence electrons. The number of nitrogens with zero attached hydrogens (tertiary/aromatic N) is 1. The number of amides is 1. The number of hydrogen-bond acceptors (Lipinski definition) is 4. The van der Waals surface area contributed by atoms with Crippen LogP contribution in [0.4, 0.5) is 0 Å². The predicted octanol–water partition coefficient (Wildman–Crippen LogP) is -0.420. The second-order valence-electron chi connectivity index (χ2n) is 4.97. The first-order chi connectivity index (χ1) is 7.35. The predicted molar refractivity (Wildman–Crippen MR) is 60.8 cm³/mol. The van der Waals surface area contributed by atoms with Crippen molar-refractivity contribution in [3.05, 3.63) is 0 Å². The second kappa shape index (κ2) is 5.12. The molecule has 1 aliphatic rings. The number of rotatable bonds is 4. The van der Waals surface area contributed by atoms with Crippen molar-refractivity contribution in [3.63, 3.8) is 0 Å². The molecule has 0 bridgehead atoms. The molecule has 3 N–H and O–H groups in total. The Morgan fingerprint density at radius 3 is 2.56 bits per heavy atom. The zero-order valence-electron chi connectivity index (χ0n) is 10.3. The van der Waals surface area contributed by atoms with Crippen LogP contribution >= 0.6 is 0 Å². The van der Waals surface area contributed by atoms with E-state index in [9.17, 15) is 9.90 Å². The van der Waals surface area contributed by atoms with Gasteiger partial charge in [-0.15, -0.1) is 0 Å². The second-order valence-corrected chi connectivity index (χ2v) is 4.97. The molecule has 0 aromatic heterocycles. The molecule has 0 aliphatic carbocycles. The highest BCUT2D eigenvalue weighted by atomic mass is 16.5. The first kappa shape index (κ1) is 13.4. The van der Waals surface area contributed by atoms with Gasteiger partial charge in [-0.25, -0.2) is 0 Å². The van der Waals surface area contributed by atoms with Crippen molar-refractivity contribution < 1.29 is 14.6 Å². The molecule has 5 nitrogen and oxygen atoms in total. The quantitative estimate of drug-likeness (QED) is 0.688. The van der Waals surface area contributed by atoms with Gasteiger partial charge >= 0.3 is 0 Å². The molecule has 5 heteroatoms. The van der Waals surface area contributed by atoms with Crippen molar-refractivity contribution in [1.82, 2.24) is 4.90 Å². The summed E-state index contributed by atoms with van der Waals surface area (Å²) in [5.41, 5.74) is 4.92. The number of nitrogens with two attached hydrogens (primary N) is 1. The van der Waals surface area contributed by atoms with Crippen molar-refractivity contribution in [2.24, 2.45) is 11.7 Å². The van der Waals surface area contributed by atoms with E-state index in [-0.39, 0.29) is 17.9 Å². The number of aliphatic hydroxyl groups is 1. The molecule has 0 spiro atoms. The Labute approximate surface area is 96.6 Å². The molecule has 16 heavy (non-hydrogen) atoms. The van der Waals surface area contributed by atoms with Crippen molar-refractivity contribution in [2.45, 2.75) is 32.4 Å². The maximum absolute atomic E-state index is 12.1. The van der Waals surface area contributed by atoms with E-state index < -0.39 is 5.60 Å². The van der Waals surface area contributed by atoms with E-state index in [0.29, 0.717) is 26.3 Å². The number of likely N-dealkylation sites (N-methyl/N-ethyl adjacent to an activating group) is 1. The Kier molecular flexibility index (Phi) is 4.29. The summed E-state index contributed by atoms with van der Waals surface area (Å²) in [6.07, 6.45) is 0. The van der Waals surface area contributed by atoms with Crippen molar-refractivity contribution in [3.8, 4) is 0 Å². The van der Waals surface area contributed by atoms with Gasteiger partial charge in [0, 0.05) is 19.1 Å². The van der Waals surface area contributed by atoms with Gasteiger partial charge in [0.2, 0.25) is 5.91 Å². The van der Waals surface area contributed by atoms with Crippen molar-refractivity contribution in [1.29, 1.82) is 0 Å². The smallest absolute Gasteiger partial charge is 0.229 e. The Bertz CT molecular complexity index is 250. The van der Waals surface area contributed by atoms with Gasteiger partial charge in [-0.1, -0.05) is 0 Å². The van der Waals surface area contributed by atoms with E-state index in [1.807, 2.05) is 6.92 Å². The Morgan fingerprint density at radius 1 is 1.56 bits per heavy atom. The summed E-state index contributed by atoms with van der Waals surface area (Å²) in [6, 6.07) is -0.219. The molecular weight excluding hydrogens is 208 g/mol. The lowest BCUT2D eigenvalue weighted by molar-refractivity contribution is -0.138. The number of carbonyl (C=O) groups excluding carboxylic acids is 1. The summed E-state index contributed by atoms with van der Waals surface area (Å²) in [5.74, 6) is -0.281. The summed E-state index contributed by atoms with van der Waals surface area (Å²) in [5, 5.41) is 9.72. The number of ether oxygens (including phenoxy) is 1. The van der Waals surface area contributed by atoms with Gasteiger partial charge in [0.15, 0.2) is 0 Å². The van der Waals surface area contributed by atoms with Crippen LogP contribution in [0.2, 0.25) is 0 Å². The highest BCUT2D eigenvalue weighted by Crippen LogP contribution is 2.16. The van der Waals surface area contributed by atoms with Gasteiger partial charge in [-0.05, 0) is 20.8 Å². The molecule has 1 saturated heterocycles.